The van der Waals surface area contributed by atoms with Crippen molar-refractivity contribution >= 4 is 54.8 Å². The lowest BCUT2D eigenvalue weighted by Gasteiger charge is -2.34. The summed E-state index contributed by atoms with van der Waals surface area (Å²) in [6.45, 7) is 3.96. The van der Waals surface area contributed by atoms with E-state index in [9.17, 15) is 8.42 Å². The number of anilines is 5. The van der Waals surface area contributed by atoms with Crippen LogP contribution in [-0.2, 0) is 10.0 Å². The number of hydrogen-bond donors (Lipinski definition) is 3. The van der Waals surface area contributed by atoms with Crippen molar-refractivity contribution in [2.75, 3.05) is 62.9 Å². The highest BCUT2D eigenvalue weighted by molar-refractivity contribution is 9.10. The third kappa shape index (κ3) is 5.84. The number of likely N-dealkylation sites (N-methyl/N-ethyl adjacent to an activating group) is 1. The standard InChI is InChI=1S/C23H28BrN7O3S/c1-25-35(32,33)21-7-5-4-6-19(21)27-22-17(24)15-26-23(29-22)28-18-9-8-16(14-20(18)34-3)31-12-10-30(2)11-13-31/h4-9,14-15,25H,10-13H2,1-3H3,(H2,26,27,28,29). The highest BCUT2D eigenvalue weighted by atomic mass is 79.9. The second-order valence-electron chi connectivity index (χ2n) is 8.02. The van der Waals surface area contributed by atoms with E-state index in [4.69, 9.17) is 4.74 Å². The monoisotopic (exact) mass is 561 g/mol. The molecule has 1 aliphatic rings. The van der Waals surface area contributed by atoms with E-state index >= 15 is 0 Å². The number of para-hydroxylation sites is 1. The summed E-state index contributed by atoms with van der Waals surface area (Å²) in [5.41, 5.74) is 2.21. The number of rotatable bonds is 8. The smallest absolute Gasteiger partial charge is 0.242 e. The van der Waals surface area contributed by atoms with Crippen LogP contribution in [0.2, 0.25) is 0 Å². The molecule has 2 aromatic carbocycles. The number of aromatic nitrogens is 2. The van der Waals surface area contributed by atoms with Crippen molar-refractivity contribution in [2.24, 2.45) is 0 Å². The van der Waals surface area contributed by atoms with Gasteiger partial charge in [0.15, 0.2) is 0 Å². The predicted octanol–water partition coefficient (Wildman–Crippen LogP) is 3.39. The molecule has 0 spiro atoms. The molecule has 2 heterocycles. The van der Waals surface area contributed by atoms with Gasteiger partial charge in [0, 0.05) is 44.1 Å². The molecule has 186 valence electrons. The van der Waals surface area contributed by atoms with Crippen molar-refractivity contribution in [3.05, 3.63) is 53.1 Å². The lowest BCUT2D eigenvalue weighted by atomic mass is 10.2. The minimum atomic E-state index is -3.66. The van der Waals surface area contributed by atoms with Gasteiger partial charge in [-0.1, -0.05) is 12.1 Å². The fraction of sp³-hybridized carbons (Fsp3) is 0.304. The Kier molecular flexibility index (Phi) is 7.75. The maximum atomic E-state index is 12.4. The van der Waals surface area contributed by atoms with E-state index in [1.54, 1.807) is 31.5 Å². The average molecular weight is 562 g/mol. The van der Waals surface area contributed by atoms with Crippen molar-refractivity contribution in [3.63, 3.8) is 0 Å². The number of halogens is 1. The molecule has 1 fully saturated rings. The SMILES string of the molecule is CNS(=O)(=O)c1ccccc1Nc1nc(Nc2ccc(N3CCN(C)CC3)cc2OC)ncc1Br. The molecular formula is C23H28BrN7O3S. The zero-order chi connectivity index (χ0) is 25.0. The van der Waals surface area contributed by atoms with Gasteiger partial charge in [-0.05, 0) is 54.3 Å². The van der Waals surface area contributed by atoms with Crippen LogP contribution in [0.4, 0.5) is 28.8 Å². The minimum absolute atomic E-state index is 0.115. The third-order valence-corrected chi connectivity index (χ3v) is 7.80. The molecule has 0 atom stereocenters. The first-order valence-electron chi connectivity index (χ1n) is 11.0. The number of nitrogens with one attached hydrogen (secondary N) is 3. The molecule has 1 aliphatic heterocycles. The molecule has 12 heteroatoms. The van der Waals surface area contributed by atoms with Gasteiger partial charge < -0.3 is 25.2 Å². The second-order valence-corrected chi connectivity index (χ2v) is 10.7. The van der Waals surface area contributed by atoms with Crippen molar-refractivity contribution in [1.82, 2.24) is 19.6 Å². The molecule has 3 N–H and O–H groups in total. The van der Waals surface area contributed by atoms with Crippen LogP contribution in [0.25, 0.3) is 0 Å². The summed E-state index contributed by atoms with van der Waals surface area (Å²) >= 11 is 3.44. The highest BCUT2D eigenvalue weighted by Gasteiger charge is 2.19. The molecule has 0 radical (unpaired) electrons. The lowest BCUT2D eigenvalue weighted by Crippen LogP contribution is -2.44. The zero-order valence-electron chi connectivity index (χ0n) is 19.7. The molecule has 0 unspecified atom stereocenters. The summed E-state index contributed by atoms with van der Waals surface area (Å²) in [4.78, 5) is 13.7. The van der Waals surface area contributed by atoms with E-state index in [0.29, 0.717) is 27.7 Å². The van der Waals surface area contributed by atoms with Crippen molar-refractivity contribution in [1.29, 1.82) is 0 Å². The number of benzene rings is 2. The van der Waals surface area contributed by atoms with Crippen LogP contribution >= 0.6 is 15.9 Å². The van der Waals surface area contributed by atoms with Crippen molar-refractivity contribution < 1.29 is 13.2 Å². The van der Waals surface area contributed by atoms with E-state index in [0.717, 1.165) is 37.6 Å². The Morgan fingerprint density at radius 1 is 1.03 bits per heavy atom. The quantitative estimate of drug-likeness (QED) is 0.381. The van der Waals surface area contributed by atoms with E-state index < -0.39 is 10.0 Å². The normalized spacial score (nSPS) is 14.6. The molecule has 0 saturated carbocycles. The van der Waals surface area contributed by atoms with Crippen molar-refractivity contribution in [2.45, 2.75) is 4.90 Å². The summed E-state index contributed by atoms with van der Waals surface area (Å²) in [5.74, 6) is 1.41. The molecule has 0 amide bonds. The Morgan fingerprint density at radius 2 is 1.77 bits per heavy atom. The van der Waals surface area contributed by atoms with Crippen LogP contribution in [-0.4, -0.2) is 70.7 Å². The first kappa shape index (κ1) is 25.2. The topological polar surface area (TPSA) is 112 Å². The number of hydrogen-bond acceptors (Lipinski definition) is 9. The molecule has 0 bridgehead atoms. The molecule has 10 nitrogen and oxygen atoms in total. The molecule has 1 saturated heterocycles. The number of sulfonamides is 1. The van der Waals surface area contributed by atoms with Crippen LogP contribution < -0.4 is 25.0 Å². The Hall–Kier alpha value is -2.93. The van der Waals surface area contributed by atoms with Gasteiger partial charge in [0.2, 0.25) is 16.0 Å². The maximum Gasteiger partial charge on any atom is 0.242 e. The molecular weight excluding hydrogens is 534 g/mol. The summed E-state index contributed by atoms with van der Waals surface area (Å²) < 4.78 is 33.4. The molecule has 0 aliphatic carbocycles. The molecule has 1 aromatic heterocycles. The van der Waals surface area contributed by atoms with Crippen LogP contribution in [0, 0.1) is 0 Å². The van der Waals surface area contributed by atoms with Crippen LogP contribution in [0.15, 0.2) is 58.0 Å². The maximum absolute atomic E-state index is 12.4. The van der Waals surface area contributed by atoms with Crippen LogP contribution in [0.1, 0.15) is 0 Å². The van der Waals surface area contributed by atoms with E-state index in [-0.39, 0.29) is 4.90 Å². The Bertz CT molecular complexity index is 1300. The average Bonchev–Trinajstić information content (AvgIpc) is 2.87. The summed E-state index contributed by atoms with van der Waals surface area (Å²) in [6, 6.07) is 12.6. The fourth-order valence-electron chi connectivity index (χ4n) is 3.72. The van der Waals surface area contributed by atoms with Gasteiger partial charge in [0.05, 0.1) is 23.0 Å². The van der Waals surface area contributed by atoms with Gasteiger partial charge in [-0.25, -0.2) is 18.1 Å². The second kappa shape index (κ2) is 10.8. The molecule has 4 rings (SSSR count). The molecule has 35 heavy (non-hydrogen) atoms. The highest BCUT2D eigenvalue weighted by Crippen LogP contribution is 2.33. The summed E-state index contributed by atoms with van der Waals surface area (Å²) in [5, 5.41) is 6.30. The van der Waals surface area contributed by atoms with Gasteiger partial charge in [-0.3, -0.25) is 0 Å². The van der Waals surface area contributed by atoms with E-state index in [1.165, 1.54) is 13.1 Å². The number of nitrogens with zero attached hydrogens (tertiary/aromatic N) is 4. The Morgan fingerprint density at radius 3 is 2.49 bits per heavy atom. The third-order valence-electron chi connectivity index (χ3n) is 5.74. The van der Waals surface area contributed by atoms with E-state index in [2.05, 4.69) is 58.1 Å². The number of methoxy groups -OCH3 is 1. The van der Waals surface area contributed by atoms with Crippen molar-refractivity contribution in [3.8, 4) is 5.75 Å². The predicted molar refractivity (Wildman–Crippen MR) is 142 cm³/mol. The van der Waals surface area contributed by atoms with Gasteiger partial charge in [-0.2, -0.15) is 4.98 Å². The number of ether oxygens (including phenoxy) is 1. The first-order valence-corrected chi connectivity index (χ1v) is 13.3. The van der Waals surface area contributed by atoms with E-state index in [1.807, 2.05) is 18.2 Å². The fourth-order valence-corrected chi connectivity index (χ4v) is 4.90. The van der Waals surface area contributed by atoms with Gasteiger partial charge in [0.25, 0.3) is 0 Å². The lowest BCUT2D eigenvalue weighted by molar-refractivity contribution is 0.312. The summed E-state index contributed by atoms with van der Waals surface area (Å²) in [6.07, 6.45) is 1.60. The van der Waals surface area contributed by atoms with Gasteiger partial charge in [-0.15, -0.1) is 0 Å². The Balaban J connectivity index is 1.57. The minimum Gasteiger partial charge on any atom is -0.494 e. The van der Waals surface area contributed by atoms with Crippen LogP contribution in [0.3, 0.4) is 0 Å². The summed E-state index contributed by atoms with van der Waals surface area (Å²) in [7, 11) is 1.47. The van der Waals surface area contributed by atoms with Gasteiger partial charge >= 0.3 is 0 Å². The first-order chi connectivity index (χ1) is 16.8. The Labute approximate surface area is 213 Å². The largest absolute Gasteiger partial charge is 0.494 e. The van der Waals surface area contributed by atoms with Gasteiger partial charge in [0.1, 0.15) is 16.5 Å². The molecule has 3 aromatic rings. The van der Waals surface area contributed by atoms with Crippen LogP contribution in [0.5, 0.6) is 5.75 Å². The zero-order valence-corrected chi connectivity index (χ0v) is 22.1. The number of piperazine rings is 1.